The van der Waals surface area contributed by atoms with E-state index in [0.717, 1.165) is 46.8 Å². The van der Waals surface area contributed by atoms with Crippen molar-refractivity contribution >= 4 is 49.7 Å². The first-order chi connectivity index (χ1) is 17.9. The molecule has 1 fully saturated rings. The molecule has 3 heterocycles. The second-order valence-electron chi connectivity index (χ2n) is 9.66. The summed E-state index contributed by atoms with van der Waals surface area (Å²) < 4.78 is 2.46. The zero-order valence-corrected chi connectivity index (χ0v) is 22.3. The topological polar surface area (TPSA) is 133 Å². The van der Waals surface area contributed by atoms with Gasteiger partial charge in [-0.1, -0.05) is 6.92 Å². The standard InChI is InChI=1S/C26H28BrN9O/c1-26(24(37)29-2)7-6-18(12-26)33-25-32-15-20-22(27)35-36(23(20)34-25)19-4-5-21-17(11-19)10-16(14-31-21)13-30-9-3-8-28/h4-5,10-11,14-15,18,30H,3,6-7,9,12-13H2,1-2H3,(H,29,37)(H,32,33,34)/t18-,26-/m1/s1. The van der Waals surface area contributed by atoms with Crippen LogP contribution in [0.4, 0.5) is 5.95 Å². The Labute approximate surface area is 223 Å². The van der Waals surface area contributed by atoms with Crippen molar-refractivity contribution in [1.82, 2.24) is 35.4 Å². The first kappa shape index (κ1) is 25.0. The molecule has 4 aromatic rings. The lowest BCUT2D eigenvalue weighted by atomic mass is 9.87. The molecule has 0 spiro atoms. The predicted molar refractivity (Wildman–Crippen MR) is 145 cm³/mol. The van der Waals surface area contributed by atoms with E-state index >= 15 is 0 Å². The number of fused-ring (bicyclic) bond motifs is 2. The molecule has 1 aliphatic carbocycles. The zero-order chi connectivity index (χ0) is 26.0. The van der Waals surface area contributed by atoms with E-state index in [1.54, 1.807) is 17.9 Å². The van der Waals surface area contributed by atoms with Crippen LogP contribution in [0.3, 0.4) is 0 Å². The van der Waals surface area contributed by atoms with E-state index in [4.69, 9.17) is 10.2 Å². The minimum absolute atomic E-state index is 0.0714. The summed E-state index contributed by atoms with van der Waals surface area (Å²) in [7, 11) is 1.68. The predicted octanol–water partition coefficient (Wildman–Crippen LogP) is 3.85. The fourth-order valence-electron chi connectivity index (χ4n) is 4.94. The molecule has 11 heteroatoms. The van der Waals surface area contributed by atoms with Crippen LogP contribution in [-0.4, -0.2) is 50.3 Å². The molecular weight excluding hydrogens is 534 g/mol. The number of carbonyl (C=O) groups excluding carboxylic acids is 1. The van der Waals surface area contributed by atoms with Gasteiger partial charge in [0, 0.05) is 55.8 Å². The number of hydrogen-bond acceptors (Lipinski definition) is 8. The van der Waals surface area contributed by atoms with Crippen LogP contribution in [0.2, 0.25) is 0 Å². The highest BCUT2D eigenvalue weighted by molar-refractivity contribution is 9.10. The first-order valence-electron chi connectivity index (χ1n) is 12.3. The van der Waals surface area contributed by atoms with Crippen molar-refractivity contribution in [3.05, 3.63) is 46.8 Å². The third-order valence-electron chi connectivity index (χ3n) is 6.94. The summed E-state index contributed by atoms with van der Waals surface area (Å²) in [6, 6.07) is 10.3. The molecule has 190 valence electrons. The lowest BCUT2D eigenvalue weighted by Gasteiger charge is -2.22. The monoisotopic (exact) mass is 561 g/mol. The number of nitrogens with one attached hydrogen (secondary N) is 3. The van der Waals surface area contributed by atoms with Gasteiger partial charge < -0.3 is 16.0 Å². The Morgan fingerprint density at radius 3 is 2.97 bits per heavy atom. The van der Waals surface area contributed by atoms with Crippen LogP contribution in [0.15, 0.2) is 41.3 Å². The zero-order valence-electron chi connectivity index (χ0n) is 20.8. The number of carbonyl (C=O) groups is 1. The molecule has 1 amide bonds. The van der Waals surface area contributed by atoms with Crippen LogP contribution in [0.5, 0.6) is 0 Å². The third-order valence-corrected chi connectivity index (χ3v) is 7.52. The highest BCUT2D eigenvalue weighted by Gasteiger charge is 2.40. The van der Waals surface area contributed by atoms with Crippen molar-refractivity contribution in [2.24, 2.45) is 5.41 Å². The average Bonchev–Trinajstić information content (AvgIpc) is 3.45. The normalized spacial score (nSPS) is 19.2. The molecule has 3 N–H and O–H groups in total. The molecular formula is C26H28BrN9O. The molecule has 0 unspecified atom stereocenters. The molecule has 1 saturated carbocycles. The van der Waals surface area contributed by atoms with Crippen LogP contribution < -0.4 is 16.0 Å². The van der Waals surface area contributed by atoms with E-state index in [2.05, 4.69) is 59.1 Å². The highest BCUT2D eigenvalue weighted by atomic mass is 79.9. The van der Waals surface area contributed by atoms with Crippen LogP contribution in [0.25, 0.3) is 27.6 Å². The lowest BCUT2D eigenvalue weighted by Crippen LogP contribution is -2.35. The highest BCUT2D eigenvalue weighted by Crippen LogP contribution is 2.39. The number of benzene rings is 1. The first-order valence-corrected chi connectivity index (χ1v) is 13.1. The van der Waals surface area contributed by atoms with Crippen LogP contribution in [0.1, 0.15) is 38.2 Å². The fraction of sp³-hybridized carbons (Fsp3) is 0.385. The summed E-state index contributed by atoms with van der Waals surface area (Å²) in [5.74, 6) is 0.586. The number of hydrogen-bond donors (Lipinski definition) is 3. The van der Waals surface area contributed by atoms with Gasteiger partial charge in [0.05, 0.1) is 22.7 Å². The van der Waals surface area contributed by atoms with Crippen molar-refractivity contribution < 1.29 is 4.79 Å². The number of pyridine rings is 1. The summed E-state index contributed by atoms with van der Waals surface area (Å²) in [5.41, 5.74) is 3.08. The molecule has 1 aliphatic rings. The Morgan fingerprint density at radius 1 is 1.30 bits per heavy atom. The molecule has 1 aromatic carbocycles. The Balaban J connectivity index is 1.41. The summed E-state index contributed by atoms with van der Waals surface area (Å²) in [6.07, 6.45) is 6.50. The Kier molecular flexibility index (Phi) is 7.04. The molecule has 3 aromatic heterocycles. The van der Waals surface area contributed by atoms with Crippen molar-refractivity contribution in [2.75, 3.05) is 18.9 Å². The Hall–Kier alpha value is -3.62. The second kappa shape index (κ2) is 10.4. The summed E-state index contributed by atoms with van der Waals surface area (Å²) in [4.78, 5) is 26.2. The van der Waals surface area contributed by atoms with Gasteiger partial charge in [-0.05, 0) is 65.0 Å². The molecule has 2 atom stereocenters. The minimum Gasteiger partial charge on any atom is -0.359 e. The van der Waals surface area contributed by atoms with Crippen molar-refractivity contribution in [3.63, 3.8) is 0 Å². The van der Waals surface area contributed by atoms with Crippen LogP contribution in [-0.2, 0) is 11.3 Å². The van der Waals surface area contributed by atoms with E-state index in [1.807, 2.05) is 31.3 Å². The van der Waals surface area contributed by atoms with Crippen molar-refractivity contribution in [1.29, 1.82) is 5.26 Å². The van der Waals surface area contributed by atoms with Gasteiger partial charge in [-0.3, -0.25) is 9.78 Å². The van der Waals surface area contributed by atoms with Gasteiger partial charge >= 0.3 is 0 Å². The van der Waals surface area contributed by atoms with E-state index < -0.39 is 0 Å². The van der Waals surface area contributed by atoms with Gasteiger partial charge in [-0.25, -0.2) is 9.67 Å². The maximum atomic E-state index is 12.3. The number of aromatic nitrogens is 5. The molecule has 0 saturated heterocycles. The number of halogens is 1. The number of anilines is 1. The van der Waals surface area contributed by atoms with E-state index in [1.165, 1.54) is 0 Å². The summed E-state index contributed by atoms with van der Waals surface area (Å²) in [6.45, 7) is 3.30. The second-order valence-corrected chi connectivity index (χ2v) is 10.4. The minimum atomic E-state index is -0.384. The number of nitrogens with zero attached hydrogens (tertiary/aromatic N) is 6. The van der Waals surface area contributed by atoms with Crippen LogP contribution in [0, 0.1) is 16.7 Å². The van der Waals surface area contributed by atoms with Gasteiger partial charge in [-0.15, -0.1) is 0 Å². The smallest absolute Gasteiger partial charge is 0.225 e. The average molecular weight is 562 g/mol. The molecule has 0 bridgehead atoms. The van der Waals surface area contributed by atoms with E-state index in [9.17, 15) is 4.79 Å². The maximum absolute atomic E-state index is 12.3. The number of amides is 1. The Bertz CT molecular complexity index is 1510. The van der Waals surface area contributed by atoms with Crippen molar-refractivity contribution in [3.8, 4) is 11.8 Å². The third kappa shape index (κ3) is 5.12. The molecule has 37 heavy (non-hydrogen) atoms. The van der Waals surface area contributed by atoms with Gasteiger partial charge in [0.2, 0.25) is 11.9 Å². The molecule has 5 rings (SSSR count). The lowest BCUT2D eigenvalue weighted by molar-refractivity contribution is -0.129. The van der Waals surface area contributed by atoms with E-state index in [0.29, 0.717) is 35.7 Å². The van der Waals surface area contributed by atoms with Gasteiger partial charge in [-0.2, -0.15) is 15.3 Å². The fourth-order valence-corrected chi connectivity index (χ4v) is 5.38. The number of nitriles is 1. The largest absolute Gasteiger partial charge is 0.359 e. The molecule has 10 nitrogen and oxygen atoms in total. The van der Waals surface area contributed by atoms with Gasteiger partial charge in [0.25, 0.3) is 0 Å². The SMILES string of the molecule is CNC(=O)[C@]1(C)CC[C@@H](Nc2ncc3c(Br)nn(-c4ccc5ncc(CNCCC#N)cc5c4)c3n2)C1. The number of rotatable bonds is 8. The van der Waals surface area contributed by atoms with E-state index in [-0.39, 0.29) is 17.4 Å². The summed E-state index contributed by atoms with van der Waals surface area (Å²) >= 11 is 3.55. The maximum Gasteiger partial charge on any atom is 0.225 e. The summed E-state index contributed by atoms with van der Waals surface area (Å²) in [5, 5.41) is 24.7. The van der Waals surface area contributed by atoms with Crippen LogP contribution >= 0.6 is 15.9 Å². The quantitative estimate of drug-likeness (QED) is 0.276. The van der Waals surface area contributed by atoms with Gasteiger partial charge in [0.1, 0.15) is 4.60 Å². The van der Waals surface area contributed by atoms with Gasteiger partial charge in [0.15, 0.2) is 5.65 Å². The molecule has 0 aliphatic heterocycles. The van der Waals surface area contributed by atoms with Crippen molar-refractivity contribution in [2.45, 2.75) is 45.2 Å². The Morgan fingerprint density at radius 2 is 2.16 bits per heavy atom. The molecule has 0 radical (unpaired) electrons.